The summed E-state index contributed by atoms with van der Waals surface area (Å²) in [6.45, 7) is 0. The van der Waals surface area contributed by atoms with E-state index in [1.54, 1.807) is 11.6 Å². The molecule has 2 rings (SSSR count). The van der Waals surface area contributed by atoms with Crippen molar-refractivity contribution in [1.82, 2.24) is 19.5 Å². The van der Waals surface area contributed by atoms with Crippen molar-refractivity contribution in [2.75, 3.05) is 12.8 Å². The second-order valence-electron chi connectivity index (χ2n) is 2.59. The fourth-order valence-corrected chi connectivity index (χ4v) is 1.19. The highest BCUT2D eigenvalue weighted by Gasteiger charge is 2.16. The van der Waals surface area contributed by atoms with E-state index in [0.29, 0.717) is 23.3 Å². The molecule has 0 aromatic heterocycles. The molecule has 0 unspecified atom stereocenters. The van der Waals surface area contributed by atoms with Crippen molar-refractivity contribution < 1.29 is 4.74 Å². The third-order valence-electron chi connectivity index (χ3n) is 1.82. The molecule has 2 N–H and O–H groups in total. The standard InChI is InChI=1S/C7H9N5O/c1-12-6-4(9-3-10-6)5(8)11-7(12)13-2/h3H,8H2,1-2H3. The van der Waals surface area contributed by atoms with Gasteiger partial charge in [-0.1, -0.05) is 0 Å². The van der Waals surface area contributed by atoms with E-state index in [1.165, 1.54) is 13.4 Å². The Balaban J connectivity index is 2.77. The summed E-state index contributed by atoms with van der Waals surface area (Å²) in [4.78, 5) is 12.0. The maximum atomic E-state index is 5.64. The summed E-state index contributed by atoms with van der Waals surface area (Å²) >= 11 is 0. The Hall–Kier alpha value is -1.85. The van der Waals surface area contributed by atoms with Crippen LogP contribution >= 0.6 is 0 Å². The zero-order valence-corrected chi connectivity index (χ0v) is 7.35. The summed E-state index contributed by atoms with van der Waals surface area (Å²) in [5, 5.41) is 0. The minimum atomic E-state index is 0.336. The van der Waals surface area contributed by atoms with Crippen LogP contribution in [-0.2, 0) is 7.05 Å². The second-order valence-corrected chi connectivity index (χ2v) is 2.59. The Kier molecular flexibility index (Phi) is 1.54. The summed E-state index contributed by atoms with van der Waals surface area (Å²) < 4.78 is 6.70. The van der Waals surface area contributed by atoms with Crippen molar-refractivity contribution in [1.29, 1.82) is 0 Å². The van der Waals surface area contributed by atoms with Crippen LogP contribution in [0.4, 0.5) is 5.82 Å². The molecule has 6 heteroatoms. The molecule has 2 aliphatic heterocycles. The third-order valence-corrected chi connectivity index (χ3v) is 1.82. The lowest BCUT2D eigenvalue weighted by Gasteiger charge is -2.10. The number of nitrogens with two attached hydrogens (primary N) is 1. The summed E-state index contributed by atoms with van der Waals surface area (Å²) in [6.07, 6.45) is 1.45. The molecule has 0 spiro atoms. The number of ether oxygens (including phenoxy) is 1. The monoisotopic (exact) mass is 179 g/mol. The Bertz CT molecular complexity index is 410. The van der Waals surface area contributed by atoms with Crippen molar-refractivity contribution >= 4 is 5.82 Å². The number of hydrogen-bond donors (Lipinski definition) is 1. The van der Waals surface area contributed by atoms with E-state index in [0.717, 1.165) is 0 Å². The molecule has 0 bridgehead atoms. The van der Waals surface area contributed by atoms with Gasteiger partial charge in [0.05, 0.1) is 7.11 Å². The Morgan fingerprint density at radius 1 is 1.46 bits per heavy atom. The van der Waals surface area contributed by atoms with Crippen LogP contribution in [0, 0.1) is 0 Å². The lowest BCUT2D eigenvalue weighted by atomic mass is 10.4. The number of hydrogen-bond acceptors (Lipinski definition) is 5. The fraction of sp³-hybridized carbons (Fsp3) is 0.286. The molecule has 0 aliphatic carbocycles. The largest absolute Gasteiger partial charge is 0.468 e. The van der Waals surface area contributed by atoms with Gasteiger partial charge in [0.15, 0.2) is 17.3 Å². The minimum Gasteiger partial charge on any atom is -0.468 e. The van der Waals surface area contributed by atoms with Crippen LogP contribution in [0.25, 0.3) is 11.5 Å². The van der Waals surface area contributed by atoms with Gasteiger partial charge in [0.1, 0.15) is 6.33 Å². The molecule has 2 aliphatic rings. The summed E-state index contributed by atoms with van der Waals surface area (Å²) in [7, 11) is 3.33. The van der Waals surface area contributed by atoms with E-state index in [-0.39, 0.29) is 0 Å². The molecular formula is C7H9N5O. The van der Waals surface area contributed by atoms with Gasteiger partial charge in [0.25, 0.3) is 6.01 Å². The van der Waals surface area contributed by atoms with Gasteiger partial charge >= 0.3 is 0 Å². The molecule has 13 heavy (non-hydrogen) atoms. The van der Waals surface area contributed by atoms with Crippen LogP contribution in [0.1, 0.15) is 0 Å². The number of rotatable bonds is 1. The van der Waals surface area contributed by atoms with Gasteiger partial charge in [-0.05, 0) is 0 Å². The van der Waals surface area contributed by atoms with Gasteiger partial charge in [0.2, 0.25) is 0 Å². The number of aromatic nitrogens is 4. The zero-order valence-electron chi connectivity index (χ0n) is 7.35. The summed E-state index contributed by atoms with van der Waals surface area (Å²) in [5.74, 6) is 1.01. The summed E-state index contributed by atoms with van der Waals surface area (Å²) in [5.41, 5.74) is 6.24. The molecular weight excluding hydrogens is 170 g/mol. The lowest BCUT2D eigenvalue weighted by Crippen LogP contribution is -2.08. The van der Waals surface area contributed by atoms with Crippen LogP contribution in [0.5, 0.6) is 6.01 Å². The molecule has 6 nitrogen and oxygen atoms in total. The van der Waals surface area contributed by atoms with Crippen molar-refractivity contribution in [3.05, 3.63) is 6.33 Å². The predicted molar refractivity (Wildman–Crippen MR) is 46.4 cm³/mol. The molecule has 0 aromatic carbocycles. The van der Waals surface area contributed by atoms with E-state index in [4.69, 9.17) is 10.5 Å². The van der Waals surface area contributed by atoms with Crippen molar-refractivity contribution in [2.24, 2.45) is 7.05 Å². The Morgan fingerprint density at radius 3 is 2.92 bits per heavy atom. The highest BCUT2D eigenvalue weighted by atomic mass is 16.5. The van der Waals surface area contributed by atoms with E-state index < -0.39 is 0 Å². The highest BCUT2D eigenvalue weighted by molar-refractivity contribution is 5.65. The fourth-order valence-electron chi connectivity index (χ4n) is 1.19. The molecule has 0 fully saturated rings. The summed E-state index contributed by atoms with van der Waals surface area (Å²) in [6, 6.07) is 0.422. The molecule has 0 radical (unpaired) electrons. The first-order valence-corrected chi connectivity index (χ1v) is 3.71. The average molecular weight is 179 g/mol. The Morgan fingerprint density at radius 2 is 2.23 bits per heavy atom. The molecule has 2 heterocycles. The minimum absolute atomic E-state index is 0.336. The van der Waals surface area contributed by atoms with Crippen molar-refractivity contribution in [3.63, 3.8) is 0 Å². The third kappa shape index (κ3) is 0.986. The van der Waals surface area contributed by atoms with E-state index in [9.17, 15) is 0 Å². The van der Waals surface area contributed by atoms with Crippen LogP contribution in [-0.4, -0.2) is 26.6 Å². The number of nitrogen functional groups attached to an aromatic ring is 1. The van der Waals surface area contributed by atoms with Gasteiger partial charge in [0, 0.05) is 7.05 Å². The number of anilines is 1. The molecule has 0 saturated heterocycles. The van der Waals surface area contributed by atoms with E-state index in [2.05, 4.69) is 15.0 Å². The molecule has 0 atom stereocenters. The average Bonchev–Trinajstić information content (AvgIpc) is 2.60. The van der Waals surface area contributed by atoms with Gasteiger partial charge in [-0.2, -0.15) is 4.98 Å². The van der Waals surface area contributed by atoms with E-state index >= 15 is 0 Å². The first-order valence-electron chi connectivity index (χ1n) is 3.71. The van der Waals surface area contributed by atoms with E-state index in [1.807, 2.05) is 0 Å². The smallest absolute Gasteiger partial charge is 0.299 e. The van der Waals surface area contributed by atoms with Crippen molar-refractivity contribution in [3.8, 4) is 17.5 Å². The first-order chi connectivity index (χ1) is 6.24. The highest BCUT2D eigenvalue weighted by Crippen LogP contribution is 2.25. The normalized spacial score (nSPS) is 10.6. The van der Waals surface area contributed by atoms with Crippen LogP contribution in [0.15, 0.2) is 6.33 Å². The zero-order chi connectivity index (χ0) is 9.42. The lowest BCUT2D eigenvalue weighted by molar-refractivity contribution is 0.360. The number of imidazole rings is 1. The van der Waals surface area contributed by atoms with Gasteiger partial charge < -0.3 is 10.5 Å². The molecule has 0 aromatic rings. The molecule has 0 amide bonds. The number of nitrogens with zero attached hydrogens (tertiary/aromatic N) is 4. The first kappa shape index (κ1) is 7.78. The van der Waals surface area contributed by atoms with Gasteiger partial charge in [-0.25, -0.2) is 9.97 Å². The SMILES string of the molecule is COc1nc(N)c2ncnc-2n1C. The maximum absolute atomic E-state index is 5.64. The topological polar surface area (TPSA) is 78.8 Å². The number of methoxy groups -OCH3 is 1. The number of fused-ring (bicyclic) bond motifs is 1. The van der Waals surface area contributed by atoms with Crippen molar-refractivity contribution in [2.45, 2.75) is 0 Å². The van der Waals surface area contributed by atoms with Gasteiger partial charge in [-0.3, -0.25) is 4.57 Å². The van der Waals surface area contributed by atoms with Crippen LogP contribution in [0.3, 0.4) is 0 Å². The molecule has 68 valence electrons. The van der Waals surface area contributed by atoms with Crippen LogP contribution < -0.4 is 10.5 Å². The second kappa shape index (κ2) is 2.58. The quantitative estimate of drug-likeness (QED) is 0.661. The predicted octanol–water partition coefficient (Wildman–Crippen LogP) is -0.0943. The van der Waals surface area contributed by atoms with Crippen LogP contribution in [0.2, 0.25) is 0 Å². The maximum Gasteiger partial charge on any atom is 0.299 e. The molecule has 0 saturated carbocycles. The Labute approximate surface area is 74.7 Å². The van der Waals surface area contributed by atoms with Gasteiger partial charge in [-0.15, -0.1) is 0 Å².